The lowest BCUT2D eigenvalue weighted by Crippen LogP contribution is -2.07. The number of benzene rings is 1. The lowest BCUT2D eigenvalue weighted by Gasteiger charge is -2.05. The molecule has 0 radical (unpaired) electrons. The van der Waals surface area contributed by atoms with Crippen molar-refractivity contribution in [2.75, 3.05) is 25.6 Å². The second-order valence-electron chi connectivity index (χ2n) is 3.67. The molecule has 1 N–H and O–H groups in total. The third kappa shape index (κ3) is 3.38. The maximum atomic E-state index is 4.98. The summed E-state index contributed by atoms with van der Waals surface area (Å²) < 4.78 is 6.01. The van der Waals surface area contributed by atoms with Gasteiger partial charge in [-0.3, -0.25) is 0 Å². The highest BCUT2D eigenvalue weighted by Gasteiger charge is 1.99. The summed E-state index contributed by atoms with van der Waals surface area (Å²) in [6.45, 7) is 1.56. The van der Waals surface area contributed by atoms with Gasteiger partial charge in [0.2, 0.25) is 5.95 Å². The molecule has 17 heavy (non-hydrogen) atoms. The predicted molar refractivity (Wildman–Crippen MR) is 72.2 cm³/mol. The minimum absolute atomic E-state index is 0.663. The van der Waals surface area contributed by atoms with Crippen LogP contribution in [0.15, 0.2) is 28.9 Å². The monoisotopic (exact) mass is 295 g/mol. The fraction of sp³-hybridized carbons (Fsp3) is 0.333. The second-order valence-corrected chi connectivity index (χ2v) is 4.59. The molecule has 0 saturated carbocycles. The summed E-state index contributed by atoms with van der Waals surface area (Å²) in [4.78, 5) is 8.69. The zero-order chi connectivity index (χ0) is 12.1. The zero-order valence-electron chi connectivity index (χ0n) is 9.61. The van der Waals surface area contributed by atoms with Crippen molar-refractivity contribution in [1.82, 2.24) is 9.97 Å². The van der Waals surface area contributed by atoms with Crippen molar-refractivity contribution in [1.29, 1.82) is 0 Å². The molecular formula is C12H14BrN3O. The summed E-state index contributed by atoms with van der Waals surface area (Å²) in [6.07, 6.45) is 2.77. The first-order valence-electron chi connectivity index (χ1n) is 5.45. The van der Waals surface area contributed by atoms with Gasteiger partial charge in [-0.2, -0.15) is 0 Å². The van der Waals surface area contributed by atoms with Gasteiger partial charge in [-0.15, -0.1) is 0 Å². The molecule has 90 valence electrons. The third-order valence-corrected chi connectivity index (χ3v) is 2.84. The van der Waals surface area contributed by atoms with Crippen LogP contribution in [0.4, 0.5) is 5.95 Å². The molecule has 0 unspecified atom stereocenters. The van der Waals surface area contributed by atoms with Gasteiger partial charge in [0.05, 0.1) is 5.52 Å². The van der Waals surface area contributed by atoms with Crippen molar-refractivity contribution in [3.8, 4) is 0 Å². The van der Waals surface area contributed by atoms with Crippen LogP contribution >= 0.6 is 15.9 Å². The first kappa shape index (κ1) is 12.3. The number of hydrogen-bond acceptors (Lipinski definition) is 4. The average molecular weight is 296 g/mol. The van der Waals surface area contributed by atoms with E-state index in [4.69, 9.17) is 4.74 Å². The van der Waals surface area contributed by atoms with Crippen molar-refractivity contribution >= 4 is 32.8 Å². The smallest absolute Gasteiger partial charge is 0.223 e. The lowest BCUT2D eigenvalue weighted by atomic mass is 10.2. The second kappa shape index (κ2) is 5.93. The molecule has 0 spiro atoms. The molecule has 2 aromatic rings. The van der Waals surface area contributed by atoms with Crippen molar-refractivity contribution in [3.05, 3.63) is 28.9 Å². The molecule has 1 aromatic carbocycles. The summed E-state index contributed by atoms with van der Waals surface area (Å²) in [5.74, 6) is 0.663. The predicted octanol–water partition coefficient (Wildman–Crippen LogP) is 2.84. The molecule has 2 rings (SSSR count). The van der Waals surface area contributed by atoms with Crippen LogP contribution in [0.3, 0.4) is 0 Å². The molecule has 0 aliphatic heterocycles. The first-order chi connectivity index (χ1) is 8.29. The van der Waals surface area contributed by atoms with Gasteiger partial charge in [0.15, 0.2) is 0 Å². The number of ether oxygens (including phenoxy) is 1. The number of halogens is 1. The van der Waals surface area contributed by atoms with Crippen LogP contribution in [0.1, 0.15) is 6.42 Å². The van der Waals surface area contributed by atoms with E-state index in [9.17, 15) is 0 Å². The lowest BCUT2D eigenvalue weighted by molar-refractivity contribution is 0.197. The zero-order valence-corrected chi connectivity index (χ0v) is 11.2. The highest BCUT2D eigenvalue weighted by Crippen LogP contribution is 2.18. The van der Waals surface area contributed by atoms with Crippen LogP contribution in [-0.4, -0.2) is 30.2 Å². The van der Waals surface area contributed by atoms with Crippen molar-refractivity contribution < 1.29 is 4.74 Å². The SMILES string of the molecule is COCCCNc1ncc2cc(Br)ccc2n1. The maximum Gasteiger partial charge on any atom is 0.223 e. The van der Waals surface area contributed by atoms with E-state index in [-0.39, 0.29) is 0 Å². The molecule has 0 aliphatic rings. The van der Waals surface area contributed by atoms with E-state index in [2.05, 4.69) is 31.2 Å². The fourth-order valence-corrected chi connectivity index (χ4v) is 1.88. The van der Waals surface area contributed by atoms with Gasteiger partial charge in [-0.25, -0.2) is 9.97 Å². The van der Waals surface area contributed by atoms with E-state index in [1.54, 1.807) is 7.11 Å². The van der Waals surface area contributed by atoms with Crippen molar-refractivity contribution in [2.24, 2.45) is 0 Å². The fourth-order valence-electron chi connectivity index (χ4n) is 1.51. The standard InChI is InChI=1S/C12H14BrN3O/c1-17-6-2-5-14-12-15-8-9-7-10(13)3-4-11(9)16-12/h3-4,7-8H,2,5-6H2,1H3,(H,14,15,16). The molecule has 0 bridgehead atoms. The number of nitrogens with one attached hydrogen (secondary N) is 1. The maximum absolute atomic E-state index is 4.98. The highest BCUT2D eigenvalue weighted by atomic mass is 79.9. The molecule has 0 saturated heterocycles. The van der Waals surface area contributed by atoms with Gasteiger partial charge < -0.3 is 10.1 Å². The Labute approximate surface area is 109 Å². The van der Waals surface area contributed by atoms with E-state index in [1.165, 1.54) is 0 Å². The summed E-state index contributed by atoms with van der Waals surface area (Å²) in [7, 11) is 1.70. The number of rotatable bonds is 5. The van der Waals surface area contributed by atoms with Gasteiger partial charge >= 0.3 is 0 Å². The van der Waals surface area contributed by atoms with E-state index in [0.29, 0.717) is 5.95 Å². The van der Waals surface area contributed by atoms with Gasteiger partial charge in [0.25, 0.3) is 0 Å². The van der Waals surface area contributed by atoms with Crippen LogP contribution in [0, 0.1) is 0 Å². The summed E-state index contributed by atoms with van der Waals surface area (Å²) in [6, 6.07) is 5.95. The molecule has 0 atom stereocenters. The number of fused-ring (bicyclic) bond motifs is 1. The van der Waals surface area contributed by atoms with E-state index in [0.717, 1.165) is 34.9 Å². The molecular weight excluding hydrogens is 282 g/mol. The van der Waals surface area contributed by atoms with Crippen LogP contribution in [-0.2, 0) is 4.74 Å². The largest absolute Gasteiger partial charge is 0.385 e. The van der Waals surface area contributed by atoms with Crippen molar-refractivity contribution in [3.63, 3.8) is 0 Å². The number of nitrogens with zero attached hydrogens (tertiary/aromatic N) is 2. The summed E-state index contributed by atoms with van der Waals surface area (Å²) in [5.41, 5.74) is 0.942. The molecule has 0 fully saturated rings. The molecule has 5 heteroatoms. The Hall–Kier alpha value is -1.20. The Morgan fingerprint density at radius 3 is 3.12 bits per heavy atom. The molecule has 0 amide bonds. The Kier molecular flexibility index (Phi) is 4.28. The molecule has 0 aliphatic carbocycles. The topological polar surface area (TPSA) is 47.0 Å². The van der Waals surface area contributed by atoms with Crippen molar-refractivity contribution in [2.45, 2.75) is 6.42 Å². The summed E-state index contributed by atoms with van der Waals surface area (Å²) >= 11 is 3.43. The number of methoxy groups -OCH3 is 1. The Balaban J connectivity index is 2.07. The molecule has 4 nitrogen and oxygen atoms in total. The minimum atomic E-state index is 0.663. The highest BCUT2D eigenvalue weighted by molar-refractivity contribution is 9.10. The number of aromatic nitrogens is 2. The van der Waals surface area contributed by atoms with Crippen LogP contribution in [0.5, 0.6) is 0 Å². The quantitative estimate of drug-likeness (QED) is 0.862. The van der Waals surface area contributed by atoms with Crippen LogP contribution in [0.2, 0.25) is 0 Å². The van der Waals surface area contributed by atoms with Gasteiger partial charge in [-0.1, -0.05) is 15.9 Å². The Morgan fingerprint density at radius 2 is 2.29 bits per heavy atom. The Morgan fingerprint density at radius 1 is 1.41 bits per heavy atom. The molecule has 1 aromatic heterocycles. The summed E-state index contributed by atoms with van der Waals surface area (Å²) in [5, 5.41) is 4.20. The third-order valence-electron chi connectivity index (χ3n) is 2.35. The van der Waals surface area contributed by atoms with E-state index < -0.39 is 0 Å². The van der Waals surface area contributed by atoms with Gasteiger partial charge in [0.1, 0.15) is 0 Å². The Bertz CT molecular complexity index is 504. The van der Waals surface area contributed by atoms with Gasteiger partial charge in [-0.05, 0) is 24.6 Å². The van der Waals surface area contributed by atoms with Gasteiger partial charge in [0, 0.05) is 36.3 Å². The molecule has 1 heterocycles. The minimum Gasteiger partial charge on any atom is -0.385 e. The van der Waals surface area contributed by atoms with E-state index >= 15 is 0 Å². The normalized spacial score (nSPS) is 10.7. The van der Waals surface area contributed by atoms with Crippen LogP contribution in [0.25, 0.3) is 10.9 Å². The van der Waals surface area contributed by atoms with Crippen LogP contribution < -0.4 is 5.32 Å². The first-order valence-corrected chi connectivity index (χ1v) is 6.24. The average Bonchev–Trinajstić information content (AvgIpc) is 2.35. The van der Waals surface area contributed by atoms with E-state index in [1.807, 2.05) is 24.4 Å². The number of hydrogen-bond donors (Lipinski definition) is 1. The number of anilines is 1.